The Morgan fingerprint density at radius 2 is 1.44 bits per heavy atom. The maximum absolute atomic E-state index is 12.5. The molecule has 14 heteroatoms. The monoisotopic (exact) mass is 806 g/mol. The van der Waals surface area contributed by atoms with E-state index in [1.807, 2.05) is 52.8 Å². The number of carbonyl (C=O) groups is 1. The Labute approximate surface area is 304 Å². The molecule has 0 amide bonds. The van der Waals surface area contributed by atoms with Crippen LogP contribution in [0.1, 0.15) is 62.9 Å². The first kappa shape index (κ1) is 36.2. The second kappa shape index (κ2) is 14.8. The molecule has 2 N–H and O–H groups in total. The van der Waals surface area contributed by atoms with Crippen molar-refractivity contribution in [3.8, 4) is 11.3 Å². The molecule has 0 atom stereocenters. The van der Waals surface area contributed by atoms with E-state index in [2.05, 4.69) is 53.4 Å². The molecule has 1 aliphatic rings. The van der Waals surface area contributed by atoms with Crippen LogP contribution in [0.5, 0.6) is 0 Å². The molecule has 1 aliphatic carbocycles. The van der Waals surface area contributed by atoms with E-state index < -0.39 is 0 Å². The number of Topliss-reactive ketones (excluding diaryl/α,β-unsaturated/α-hetero) is 1. The van der Waals surface area contributed by atoms with Gasteiger partial charge in [0, 0.05) is 57.0 Å². The summed E-state index contributed by atoms with van der Waals surface area (Å²) in [6.45, 7) is 11.3. The minimum atomic E-state index is -0.331. The van der Waals surface area contributed by atoms with Gasteiger partial charge in [0.05, 0.1) is 40.7 Å². The SMILES string of the molecule is COC(C)(C)CNc1cc(Cl)nn2c(-c3ccc(C(=O)CC4CC4)c(C)c3)cnc12.COC(C)(C)CNc1cc(Cl)nn2c(I)cnc12. The zero-order chi connectivity index (χ0) is 34.8. The van der Waals surface area contributed by atoms with Crippen LogP contribution in [0, 0.1) is 16.5 Å². The minimum absolute atomic E-state index is 0.230. The highest BCUT2D eigenvalue weighted by Gasteiger charge is 2.26. The van der Waals surface area contributed by atoms with Gasteiger partial charge >= 0.3 is 0 Å². The fourth-order valence-electron chi connectivity index (χ4n) is 4.90. The van der Waals surface area contributed by atoms with Crippen LogP contribution in [-0.4, -0.2) is 73.5 Å². The Morgan fingerprint density at radius 3 is 1.98 bits per heavy atom. The molecule has 0 unspecified atom stereocenters. The number of fused-ring (bicyclic) bond motifs is 2. The summed E-state index contributed by atoms with van der Waals surface area (Å²) < 4.78 is 15.2. The van der Waals surface area contributed by atoms with Crippen LogP contribution in [-0.2, 0) is 9.47 Å². The molecular formula is C34H41Cl2IN8O3. The molecule has 4 heterocycles. The second-order valence-corrected chi connectivity index (χ2v) is 15.1. The number of imidazole rings is 2. The van der Waals surface area contributed by atoms with Gasteiger partial charge < -0.3 is 20.1 Å². The highest BCUT2D eigenvalue weighted by Crippen LogP contribution is 2.34. The Kier molecular flexibility index (Phi) is 11.2. The number of halogens is 3. The summed E-state index contributed by atoms with van der Waals surface area (Å²) in [7, 11) is 3.38. The van der Waals surface area contributed by atoms with Gasteiger partial charge in [0.1, 0.15) is 3.70 Å². The van der Waals surface area contributed by atoms with Crippen molar-refractivity contribution >= 4 is 74.2 Å². The largest absolute Gasteiger partial charge is 0.379 e. The predicted octanol–water partition coefficient (Wildman–Crippen LogP) is 8.00. The summed E-state index contributed by atoms with van der Waals surface area (Å²) in [5.74, 6) is 0.809. The lowest BCUT2D eigenvalue weighted by Gasteiger charge is -2.23. The minimum Gasteiger partial charge on any atom is -0.379 e. The molecule has 48 heavy (non-hydrogen) atoms. The number of rotatable bonds is 12. The molecule has 4 aromatic heterocycles. The van der Waals surface area contributed by atoms with E-state index >= 15 is 0 Å². The zero-order valence-electron chi connectivity index (χ0n) is 28.2. The van der Waals surface area contributed by atoms with E-state index in [4.69, 9.17) is 32.7 Å². The molecule has 1 aromatic carbocycles. The molecule has 11 nitrogen and oxygen atoms in total. The van der Waals surface area contributed by atoms with Crippen LogP contribution >= 0.6 is 45.8 Å². The fraction of sp³-hybridized carbons (Fsp3) is 0.441. The third kappa shape index (κ3) is 8.75. The summed E-state index contributed by atoms with van der Waals surface area (Å²) in [4.78, 5) is 21.4. The fourth-order valence-corrected chi connectivity index (χ4v) is 5.74. The molecule has 0 bridgehead atoms. The Hall–Kier alpha value is -3.04. The number of nitrogens with zero attached hydrogens (tertiary/aromatic N) is 6. The molecule has 5 aromatic rings. The van der Waals surface area contributed by atoms with E-state index in [0.29, 0.717) is 41.4 Å². The normalized spacial score (nSPS) is 13.5. The van der Waals surface area contributed by atoms with Crippen molar-refractivity contribution in [2.75, 3.05) is 37.9 Å². The molecule has 0 radical (unpaired) electrons. The van der Waals surface area contributed by atoms with E-state index in [1.165, 1.54) is 12.8 Å². The van der Waals surface area contributed by atoms with Crippen molar-refractivity contribution in [2.45, 2.75) is 65.1 Å². The van der Waals surface area contributed by atoms with Crippen LogP contribution in [0.4, 0.5) is 11.4 Å². The summed E-state index contributed by atoms with van der Waals surface area (Å²) >= 11 is 14.5. The maximum Gasteiger partial charge on any atom is 0.178 e. The second-order valence-electron chi connectivity index (χ2n) is 13.2. The van der Waals surface area contributed by atoms with Gasteiger partial charge in [-0.15, -0.1) is 0 Å². The van der Waals surface area contributed by atoms with Gasteiger partial charge in [-0.25, -0.2) is 19.0 Å². The number of hydrogen-bond acceptors (Lipinski definition) is 9. The number of ketones is 1. The van der Waals surface area contributed by atoms with Crippen molar-refractivity contribution in [1.82, 2.24) is 29.2 Å². The Morgan fingerprint density at radius 1 is 0.896 bits per heavy atom. The molecule has 6 rings (SSSR count). The summed E-state index contributed by atoms with van der Waals surface area (Å²) in [5, 5.41) is 16.1. The van der Waals surface area contributed by atoms with E-state index in [0.717, 1.165) is 43.1 Å². The summed E-state index contributed by atoms with van der Waals surface area (Å²) in [5.41, 5.74) is 6.04. The molecule has 0 aliphatic heterocycles. The summed E-state index contributed by atoms with van der Waals surface area (Å²) in [6, 6.07) is 9.43. The number of aromatic nitrogens is 6. The number of nitrogens with one attached hydrogen (secondary N) is 2. The average Bonchev–Trinajstić information content (AvgIpc) is 3.64. The molecule has 0 spiro atoms. The van der Waals surface area contributed by atoms with E-state index in [9.17, 15) is 4.79 Å². The lowest BCUT2D eigenvalue weighted by atomic mass is 9.98. The lowest BCUT2D eigenvalue weighted by molar-refractivity contribution is 0.0341. The zero-order valence-corrected chi connectivity index (χ0v) is 31.9. The standard InChI is InChI=1S/C23H27ClN4O2.C11H14ClIN4O/c1-14-9-16(7-8-17(14)20(29)10-15-5-6-15)19-12-25-22-18(11-21(24)27-28(19)22)26-13-23(2,3)30-4;1-11(2,18-3)6-15-7-4-8(12)16-17-9(13)5-14-10(7)17/h7-9,11-12,15,26H,5-6,10,13H2,1-4H3;4-5,15H,6H2,1-3H3. The number of hydrogen-bond donors (Lipinski definition) is 2. The van der Waals surface area contributed by atoms with E-state index in [-0.39, 0.29) is 17.0 Å². The molecule has 1 fully saturated rings. The van der Waals surface area contributed by atoms with Gasteiger partial charge in [0.15, 0.2) is 27.4 Å². The van der Waals surface area contributed by atoms with Gasteiger partial charge in [-0.2, -0.15) is 10.2 Å². The highest BCUT2D eigenvalue weighted by atomic mass is 127. The predicted molar refractivity (Wildman–Crippen MR) is 200 cm³/mol. The van der Waals surface area contributed by atoms with Crippen LogP contribution in [0.15, 0.2) is 42.7 Å². The topological polar surface area (TPSA) is 120 Å². The number of methoxy groups -OCH3 is 2. The first-order valence-electron chi connectivity index (χ1n) is 15.7. The maximum atomic E-state index is 12.5. The van der Waals surface area contributed by atoms with Crippen LogP contribution in [0.25, 0.3) is 22.6 Å². The Balaban J connectivity index is 0.000000214. The number of anilines is 2. The first-order valence-corrected chi connectivity index (χ1v) is 17.5. The van der Waals surface area contributed by atoms with Crippen molar-refractivity contribution in [2.24, 2.45) is 5.92 Å². The average molecular weight is 808 g/mol. The number of carbonyl (C=O) groups excluding carboxylic acids is 1. The van der Waals surface area contributed by atoms with Crippen LogP contribution < -0.4 is 10.6 Å². The third-order valence-electron chi connectivity index (χ3n) is 8.34. The molecule has 0 saturated heterocycles. The van der Waals surface area contributed by atoms with Gasteiger partial charge in [-0.1, -0.05) is 35.3 Å². The number of benzene rings is 1. The third-order valence-corrected chi connectivity index (χ3v) is 9.45. The van der Waals surface area contributed by atoms with Crippen LogP contribution in [0.3, 0.4) is 0 Å². The molecular weight excluding hydrogens is 766 g/mol. The number of aryl methyl sites for hydroxylation is 1. The smallest absolute Gasteiger partial charge is 0.178 e. The lowest BCUT2D eigenvalue weighted by Crippen LogP contribution is -2.32. The molecule has 256 valence electrons. The molecule has 1 saturated carbocycles. The quantitative estimate of drug-likeness (QED) is 0.0955. The number of ether oxygens (including phenoxy) is 2. The highest BCUT2D eigenvalue weighted by molar-refractivity contribution is 14.1. The van der Waals surface area contributed by atoms with Gasteiger partial charge in [0.25, 0.3) is 0 Å². The van der Waals surface area contributed by atoms with Gasteiger partial charge in [-0.05, 0) is 87.6 Å². The van der Waals surface area contributed by atoms with Crippen LogP contribution in [0.2, 0.25) is 10.3 Å². The van der Waals surface area contributed by atoms with Gasteiger partial charge in [-0.3, -0.25) is 4.79 Å². The van der Waals surface area contributed by atoms with Crippen molar-refractivity contribution < 1.29 is 14.3 Å². The summed E-state index contributed by atoms with van der Waals surface area (Å²) in [6.07, 6.45) is 6.54. The Bertz CT molecular complexity index is 1940. The first-order chi connectivity index (χ1) is 22.7. The van der Waals surface area contributed by atoms with Crippen molar-refractivity contribution in [3.63, 3.8) is 0 Å². The van der Waals surface area contributed by atoms with E-state index in [1.54, 1.807) is 47.8 Å². The van der Waals surface area contributed by atoms with Crippen molar-refractivity contribution in [3.05, 3.63) is 67.9 Å². The van der Waals surface area contributed by atoms with Crippen molar-refractivity contribution in [1.29, 1.82) is 0 Å². The van der Waals surface area contributed by atoms with Gasteiger partial charge in [0.2, 0.25) is 0 Å².